The molecule has 2 heterocycles. The van der Waals surface area contributed by atoms with Gasteiger partial charge in [-0.05, 0) is 53.8 Å². The first-order valence-corrected chi connectivity index (χ1v) is 10.4. The second kappa shape index (κ2) is 8.60. The number of fused-ring (bicyclic) bond motifs is 1. The van der Waals surface area contributed by atoms with Crippen molar-refractivity contribution in [2.24, 2.45) is 13.0 Å². The second-order valence-corrected chi connectivity index (χ2v) is 8.10. The molecule has 0 bridgehead atoms. The van der Waals surface area contributed by atoms with Crippen molar-refractivity contribution in [3.8, 4) is 11.1 Å². The first kappa shape index (κ1) is 20.6. The first-order valence-electron chi connectivity index (χ1n) is 10.4. The third-order valence-electron chi connectivity index (χ3n) is 5.58. The molecule has 0 aliphatic carbocycles. The van der Waals surface area contributed by atoms with Gasteiger partial charge in [-0.25, -0.2) is 4.98 Å². The SMILES string of the molecule is Cc1ccccc1-c1ccc2nc(N)c(CC(C)C(=O)NCc3cnn(C)c3)cc2c1. The number of anilines is 1. The van der Waals surface area contributed by atoms with Gasteiger partial charge in [0.1, 0.15) is 5.82 Å². The third kappa shape index (κ3) is 4.58. The minimum Gasteiger partial charge on any atom is -0.383 e. The summed E-state index contributed by atoms with van der Waals surface area (Å²) in [4.78, 5) is 17.2. The van der Waals surface area contributed by atoms with Crippen LogP contribution in [0.2, 0.25) is 0 Å². The number of nitrogens with zero attached hydrogens (tertiary/aromatic N) is 3. The summed E-state index contributed by atoms with van der Waals surface area (Å²) in [6, 6.07) is 16.6. The molecular weight excluding hydrogens is 386 g/mol. The third-order valence-corrected chi connectivity index (χ3v) is 5.58. The number of nitrogens with two attached hydrogens (primary N) is 1. The van der Waals surface area contributed by atoms with Crippen molar-refractivity contribution in [1.82, 2.24) is 20.1 Å². The van der Waals surface area contributed by atoms with E-state index in [4.69, 9.17) is 5.73 Å². The first-order chi connectivity index (χ1) is 14.9. The summed E-state index contributed by atoms with van der Waals surface area (Å²) in [6.07, 6.45) is 4.17. The minimum atomic E-state index is -0.224. The Hall–Kier alpha value is -3.67. The fraction of sp³-hybridized carbons (Fsp3) is 0.240. The number of aryl methyl sites for hydroxylation is 2. The van der Waals surface area contributed by atoms with Crippen LogP contribution in [-0.4, -0.2) is 20.7 Å². The zero-order chi connectivity index (χ0) is 22.0. The zero-order valence-electron chi connectivity index (χ0n) is 18.1. The molecule has 1 atom stereocenters. The van der Waals surface area contributed by atoms with E-state index in [-0.39, 0.29) is 11.8 Å². The Morgan fingerprint density at radius 1 is 1.19 bits per heavy atom. The van der Waals surface area contributed by atoms with Crippen LogP contribution in [0, 0.1) is 12.8 Å². The Morgan fingerprint density at radius 2 is 2.00 bits per heavy atom. The van der Waals surface area contributed by atoms with Crippen LogP contribution >= 0.6 is 0 Å². The van der Waals surface area contributed by atoms with E-state index < -0.39 is 0 Å². The predicted octanol–water partition coefficient (Wildman–Crippen LogP) is 4.02. The number of aromatic nitrogens is 3. The lowest BCUT2D eigenvalue weighted by Gasteiger charge is -2.14. The highest BCUT2D eigenvalue weighted by Crippen LogP contribution is 2.28. The van der Waals surface area contributed by atoms with Crippen LogP contribution in [0.15, 0.2) is 60.9 Å². The average molecular weight is 414 g/mol. The van der Waals surface area contributed by atoms with Crippen LogP contribution < -0.4 is 11.1 Å². The molecule has 0 aliphatic heterocycles. The number of pyridine rings is 1. The lowest BCUT2D eigenvalue weighted by Crippen LogP contribution is -2.30. The van der Waals surface area contributed by atoms with Gasteiger partial charge < -0.3 is 11.1 Å². The van der Waals surface area contributed by atoms with Crippen molar-refractivity contribution in [3.63, 3.8) is 0 Å². The van der Waals surface area contributed by atoms with Gasteiger partial charge in [0.2, 0.25) is 5.91 Å². The van der Waals surface area contributed by atoms with Gasteiger partial charge in [0.05, 0.1) is 11.7 Å². The van der Waals surface area contributed by atoms with Crippen molar-refractivity contribution in [2.45, 2.75) is 26.8 Å². The zero-order valence-corrected chi connectivity index (χ0v) is 18.1. The molecule has 4 aromatic rings. The summed E-state index contributed by atoms with van der Waals surface area (Å²) in [6.45, 7) is 4.48. The maximum atomic E-state index is 12.6. The number of rotatable bonds is 6. The minimum absolute atomic E-state index is 0.0167. The average Bonchev–Trinajstić information content (AvgIpc) is 3.17. The second-order valence-electron chi connectivity index (χ2n) is 8.10. The molecule has 6 nitrogen and oxygen atoms in total. The molecule has 1 unspecified atom stereocenters. The van der Waals surface area contributed by atoms with Crippen LogP contribution in [0.1, 0.15) is 23.6 Å². The smallest absolute Gasteiger partial charge is 0.223 e. The molecular formula is C25H27N5O. The molecule has 1 amide bonds. The fourth-order valence-corrected chi connectivity index (χ4v) is 3.81. The molecule has 6 heteroatoms. The van der Waals surface area contributed by atoms with Crippen molar-refractivity contribution in [1.29, 1.82) is 0 Å². The summed E-state index contributed by atoms with van der Waals surface area (Å²) in [5, 5.41) is 8.12. The van der Waals surface area contributed by atoms with Crippen molar-refractivity contribution in [2.75, 3.05) is 5.73 Å². The molecule has 3 N–H and O–H groups in total. The molecule has 0 saturated carbocycles. The molecule has 0 spiro atoms. The van der Waals surface area contributed by atoms with Gasteiger partial charge in [0.15, 0.2) is 0 Å². The van der Waals surface area contributed by atoms with Gasteiger partial charge in [0.25, 0.3) is 0 Å². The van der Waals surface area contributed by atoms with Crippen LogP contribution in [0.3, 0.4) is 0 Å². The molecule has 2 aromatic heterocycles. The maximum absolute atomic E-state index is 12.6. The van der Waals surface area contributed by atoms with Crippen molar-refractivity contribution < 1.29 is 4.79 Å². The van der Waals surface area contributed by atoms with Crippen LogP contribution in [0.5, 0.6) is 0 Å². The quantitative estimate of drug-likeness (QED) is 0.500. The van der Waals surface area contributed by atoms with E-state index in [9.17, 15) is 4.79 Å². The Bertz CT molecular complexity index is 1240. The van der Waals surface area contributed by atoms with Gasteiger partial charge >= 0.3 is 0 Å². The molecule has 31 heavy (non-hydrogen) atoms. The van der Waals surface area contributed by atoms with Crippen molar-refractivity contribution >= 4 is 22.6 Å². The fourth-order valence-electron chi connectivity index (χ4n) is 3.81. The summed E-state index contributed by atoms with van der Waals surface area (Å²) >= 11 is 0. The molecule has 4 rings (SSSR count). The van der Waals surface area contributed by atoms with E-state index in [1.807, 2.05) is 38.4 Å². The number of nitrogens with one attached hydrogen (secondary N) is 1. The van der Waals surface area contributed by atoms with Gasteiger partial charge in [-0.15, -0.1) is 0 Å². The van der Waals surface area contributed by atoms with E-state index >= 15 is 0 Å². The number of benzene rings is 2. The Balaban J connectivity index is 1.53. The van der Waals surface area contributed by atoms with Crippen molar-refractivity contribution in [3.05, 3.63) is 77.6 Å². The number of nitrogen functional groups attached to an aromatic ring is 1. The summed E-state index contributed by atoms with van der Waals surface area (Å²) in [5.74, 6) is 0.234. The Labute approximate surface area is 182 Å². The number of carbonyl (C=O) groups is 1. The highest BCUT2D eigenvalue weighted by Gasteiger charge is 2.16. The number of amides is 1. The van der Waals surface area contributed by atoms with E-state index in [0.717, 1.165) is 27.6 Å². The highest BCUT2D eigenvalue weighted by molar-refractivity contribution is 5.87. The Kier molecular flexibility index (Phi) is 5.71. The van der Waals surface area contributed by atoms with Crippen LogP contribution in [0.4, 0.5) is 5.82 Å². The number of hydrogen-bond acceptors (Lipinski definition) is 4. The standard InChI is InChI=1S/C25H27N5O/c1-16-6-4-5-7-22(16)19-8-9-23-20(11-19)12-21(24(26)29-23)10-17(2)25(31)27-13-18-14-28-30(3)15-18/h4-9,11-12,14-15,17H,10,13H2,1-3H3,(H2,26,29)(H,27,31). The normalized spacial score (nSPS) is 12.1. The van der Waals surface area contributed by atoms with Gasteiger partial charge in [-0.2, -0.15) is 5.10 Å². The van der Waals surface area contributed by atoms with E-state index in [0.29, 0.717) is 18.8 Å². The van der Waals surface area contributed by atoms with E-state index in [2.05, 4.69) is 52.7 Å². The topological polar surface area (TPSA) is 85.8 Å². The van der Waals surface area contributed by atoms with Gasteiger partial charge in [-0.1, -0.05) is 37.3 Å². The molecule has 0 aliphatic rings. The lowest BCUT2D eigenvalue weighted by atomic mass is 9.96. The largest absolute Gasteiger partial charge is 0.383 e. The predicted molar refractivity (Wildman–Crippen MR) is 124 cm³/mol. The van der Waals surface area contributed by atoms with E-state index in [1.165, 1.54) is 11.1 Å². The molecule has 158 valence electrons. The Morgan fingerprint density at radius 3 is 2.74 bits per heavy atom. The lowest BCUT2D eigenvalue weighted by molar-refractivity contribution is -0.124. The number of hydrogen-bond donors (Lipinski definition) is 2. The van der Waals surface area contributed by atoms with Crippen LogP contribution in [-0.2, 0) is 24.8 Å². The monoisotopic (exact) mass is 413 g/mol. The summed E-state index contributed by atoms with van der Waals surface area (Å²) < 4.78 is 1.72. The van der Waals surface area contributed by atoms with E-state index in [1.54, 1.807) is 10.9 Å². The molecule has 0 saturated heterocycles. The van der Waals surface area contributed by atoms with Gasteiger partial charge in [-0.3, -0.25) is 9.48 Å². The highest BCUT2D eigenvalue weighted by atomic mass is 16.1. The summed E-state index contributed by atoms with van der Waals surface area (Å²) in [5.41, 5.74) is 12.5. The molecule has 2 aromatic carbocycles. The number of carbonyl (C=O) groups excluding carboxylic acids is 1. The summed E-state index contributed by atoms with van der Waals surface area (Å²) in [7, 11) is 1.86. The molecule has 0 radical (unpaired) electrons. The van der Waals surface area contributed by atoms with Crippen LogP contribution in [0.25, 0.3) is 22.0 Å². The van der Waals surface area contributed by atoms with Gasteiger partial charge in [0, 0.05) is 36.7 Å². The maximum Gasteiger partial charge on any atom is 0.223 e. The molecule has 0 fully saturated rings.